The Labute approximate surface area is 131 Å². The van der Waals surface area contributed by atoms with E-state index in [0.29, 0.717) is 6.42 Å². The van der Waals surface area contributed by atoms with Crippen molar-refractivity contribution in [2.45, 2.75) is 51.5 Å². The van der Waals surface area contributed by atoms with Crippen molar-refractivity contribution in [1.82, 2.24) is 4.98 Å². The maximum absolute atomic E-state index is 11.6. The van der Waals surface area contributed by atoms with Crippen molar-refractivity contribution >= 4 is 16.9 Å². The molecule has 0 saturated heterocycles. The highest BCUT2D eigenvalue weighted by Gasteiger charge is 2.20. The molecule has 0 fully saturated rings. The fourth-order valence-corrected chi connectivity index (χ4v) is 3.51. The second-order valence-electron chi connectivity index (χ2n) is 6.29. The number of aromatic nitrogens is 1. The molecule has 3 N–H and O–H groups in total. The van der Waals surface area contributed by atoms with Gasteiger partial charge in [0.2, 0.25) is 0 Å². The van der Waals surface area contributed by atoms with Gasteiger partial charge in [0.05, 0.1) is 7.11 Å². The van der Waals surface area contributed by atoms with E-state index in [1.165, 1.54) is 49.3 Å². The van der Waals surface area contributed by atoms with Gasteiger partial charge in [-0.2, -0.15) is 0 Å². The number of hydrogen-bond acceptors (Lipinski definition) is 3. The number of rotatable bonds is 3. The third kappa shape index (κ3) is 2.75. The Balaban J connectivity index is 2.01. The summed E-state index contributed by atoms with van der Waals surface area (Å²) in [6.07, 6.45) is 6.68. The number of esters is 1. The van der Waals surface area contributed by atoms with Crippen LogP contribution in [0.15, 0.2) is 12.1 Å². The van der Waals surface area contributed by atoms with Crippen molar-refractivity contribution in [2.75, 3.05) is 7.11 Å². The summed E-state index contributed by atoms with van der Waals surface area (Å²) in [4.78, 5) is 15.1. The largest absolute Gasteiger partial charge is 0.468 e. The molecule has 4 nitrogen and oxygen atoms in total. The summed E-state index contributed by atoms with van der Waals surface area (Å²) in [5.74, 6) is -0.358. The minimum Gasteiger partial charge on any atom is -0.468 e. The van der Waals surface area contributed by atoms with Gasteiger partial charge in [0.25, 0.3) is 0 Å². The molecular weight excluding hydrogens is 276 g/mol. The molecule has 1 atom stereocenters. The SMILES string of the molecule is COC(=O)C(N)Cc1c(C)[nH]c2cc3c(cc12)CCCCC3. The van der Waals surface area contributed by atoms with Crippen LogP contribution in [0, 0.1) is 6.92 Å². The van der Waals surface area contributed by atoms with Crippen LogP contribution in [-0.2, 0) is 28.8 Å². The van der Waals surface area contributed by atoms with Gasteiger partial charge in [-0.1, -0.05) is 6.42 Å². The van der Waals surface area contributed by atoms with Gasteiger partial charge in [-0.05, 0) is 61.4 Å². The first-order valence-electron chi connectivity index (χ1n) is 8.06. The van der Waals surface area contributed by atoms with E-state index < -0.39 is 6.04 Å². The van der Waals surface area contributed by atoms with Gasteiger partial charge in [-0.3, -0.25) is 4.79 Å². The normalized spacial score (nSPS) is 16.1. The number of nitrogens with two attached hydrogens (primary N) is 1. The zero-order valence-corrected chi connectivity index (χ0v) is 13.4. The first kappa shape index (κ1) is 15.1. The molecule has 1 aromatic carbocycles. The van der Waals surface area contributed by atoms with E-state index in [9.17, 15) is 4.79 Å². The van der Waals surface area contributed by atoms with Crippen molar-refractivity contribution in [3.63, 3.8) is 0 Å². The fraction of sp³-hybridized carbons (Fsp3) is 0.500. The molecule has 0 bridgehead atoms. The van der Waals surface area contributed by atoms with Crippen molar-refractivity contribution in [3.8, 4) is 0 Å². The van der Waals surface area contributed by atoms with E-state index in [1.807, 2.05) is 6.92 Å². The second-order valence-corrected chi connectivity index (χ2v) is 6.29. The van der Waals surface area contributed by atoms with Gasteiger partial charge in [0, 0.05) is 23.0 Å². The van der Waals surface area contributed by atoms with Crippen LogP contribution in [0.5, 0.6) is 0 Å². The van der Waals surface area contributed by atoms with Crippen LogP contribution in [0.1, 0.15) is 41.6 Å². The van der Waals surface area contributed by atoms with E-state index in [4.69, 9.17) is 10.5 Å². The molecule has 1 aromatic heterocycles. The van der Waals surface area contributed by atoms with Crippen LogP contribution in [0.4, 0.5) is 0 Å². The Kier molecular flexibility index (Phi) is 4.21. The van der Waals surface area contributed by atoms with Gasteiger partial charge < -0.3 is 15.5 Å². The van der Waals surface area contributed by atoms with Crippen molar-refractivity contribution in [1.29, 1.82) is 0 Å². The van der Waals surface area contributed by atoms with Gasteiger partial charge in [-0.25, -0.2) is 0 Å². The minimum absolute atomic E-state index is 0.358. The van der Waals surface area contributed by atoms with Crippen LogP contribution >= 0.6 is 0 Å². The summed E-state index contributed by atoms with van der Waals surface area (Å²) < 4.78 is 4.75. The van der Waals surface area contributed by atoms with E-state index in [2.05, 4.69) is 17.1 Å². The molecule has 0 saturated carbocycles. The summed E-state index contributed by atoms with van der Waals surface area (Å²) in [7, 11) is 1.38. The van der Waals surface area contributed by atoms with Gasteiger partial charge >= 0.3 is 5.97 Å². The lowest BCUT2D eigenvalue weighted by Crippen LogP contribution is -2.33. The molecule has 118 valence electrons. The number of carbonyl (C=O) groups excluding carboxylic acids is 1. The molecule has 1 heterocycles. The van der Waals surface area contributed by atoms with Crippen molar-refractivity contribution in [3.05, 3.63) is 34.5 Å². The molecular formula is C18H24N2O2. The lowest BCUT2D eigenvalue weighted by atomic mass is 9.97. The summed E-state index contributed by atoms with van der Waals surface area (Å²) in [6.45, 7) is 2.05. The Bertz CT molecular complexity index is 703. The van der Waals surface area contributed by atoms with Crippen LogP contribution in [-0.4, -0.2) is 24.1 Å². The Hall–Kier alpha value is -1.81. The molecule has 1 aliphatic rings. The van der Waals surface area contributed by atoms with E-state index in [-0.39, 0.29) is 5.97 Å². The average Bonchev–Trinajstić information content (AvgIpc) is 2.68. The first-order valence-corrected chi connectivity index (χ1v) is 8.06. The van der Waals surface area contributed by atoms with E-state index in [1.54, 1.807) is 0 Å². The fourth-order valence-electron chi connectivity index (χ4n) is 3.51. The zero-order chi connectivity index (χ0) is 15.7. The monoisotopic (exact) mass is 300 g/mol. The maximum atomic E-state index is 11.6. The number of benzene rings is 1. The molecule has 0 radical (unpaired) electrons. The summed E-state index contributed by atoms with van der Waals surface area (Å²) in [6, 6.07) is 3.98. The molecule has 0 amide bonds. The van der Waals surface area contributed by atoms with Crippen LogP contribution in [0.3, 0.4) is 0 Å². The molecule has 0 spiro atoms. The summed E-state index contributed by atoms with van der Waals surface area (Å²) in [5.41, 5.74) is 12.3. The lowest BCUT2D eigenvalue weighted by Gasteiger charge is -2.10. The molecule has 1 unspecified atom stereocenters. The average molecular weight is 300 g/mol. The van der Waals surface area contributed by atoms with Gasteiger partial charge in [0.15, 0.2) is 0 Å². The zero-order valence-electron chi connectivity index (χ0n) is 13.4. The topological polar surface area (TPSA) is 68.1 Å². The number of nitrogens with one attached hydrogen (secondary N) is 1. The molecule has 4 heteroatoms. The van der Waals surface area contributed by atoms with Gasteiger partial charge in [-0.15, -0.1) is 0 Å². The highest BCUT2D eigenvalue weighted by Crippen LogP contribution is 2.30. The number of methoxy groups -OCH3 is 1. The third-order valence-electron chi connectivity index (χ3n) is 4.76. The van der Waals surface area contributed by atoms with Crippen molar-refractivity contribution < 1.29 is 9.53 Å². The molecule has 22 heavy (non-hydrogen) atoms. The number of ether oxygens (including phenoxy) is 1. The van der Waals surface area contributed by atoms with Crippen molar-refractivity contribution in [2.24, 2.45) is 5.73 Å². The van der Waals surface area contributed by atoms with Crippen LogP contribution in [0.25, 0.3) is 10.9 Å². The van der Waals surface area contributed by atoms with E-state index in [0.717, 1.165) is 23.2 Å². The van der Waals surface area contributed by atoms with Crippen LogP contribution in [0.2, 0.25) is 0 Å². The predicted molar refractivity (Wildman–Crippen MR) is 88.0 cm³/mol. The minimum atomic E-state index is -0.610. The smallest absolute Gasteiger partial charge is 0.322 e. The number of aromatic amines is 1. The first-order chi connectivity index (χ1) is 10.6. The highest BCUT2D eigenvalue weighted by molar-refractivity contribution is 5.87. The second kappa shape index (κ2) is 6.13. The van der Waals surface area contributed by atoms with E-state index >= 15 is 0 Å². The number of hydrogen-bond donors (Lipinski definition) is 2. The van der Waals surface area contributed by atoms with Crippen LogP contribution < -0.4 is 5.73 Å². The standard InChI is InChI=1S/C18H24N2O2/c1-11-14(10-16(19)18(21)22-2)15-8-12-6-4-3-5-7-13(12)9-17(15)20-11/h8-9,16,20H,3-7,10,19H2,1-2H3. The molecule has 3 rings (SSSR count). The number of H-pyrrole nitrogens is 1. The lowest BCUT2D eigenvalue weighted by molar-refractivity contribution is -0.142. The quantitative estimate of drug-likeness (QED) is 0.676. The Morgan fingerprint density at radius 1 is 1.27 bits per heavy atom. The molecule has 2 aromatic rings. The Morgan fingerprint density at radius 2 is 1.95 bits per heavy atom. The molecule has 1 aliphatic carbocycles. The number of carbonyl (C=O) groups is 1. The highest BCUT2D eigenvalue weighted by atomic mass is 16.5. The summed E-state index contributed by atoms with van der Waals surface area (Å²) in [5, 5.41) is 1.21. The maximum Gasteiger partial charge on any atom is 0.322 e. The number of fused-ring (bicyclic) bond motifs is 2. The third-order valence-corrected chi connectivity index (χ3v) is 4.76. The van der Waals surface area contributed by atoms with Gasteiger partial charge in [0.1, 0.15) is 6.04 Å². The molecule has 0 aliphatic heterocycles. The Morgan fingerprint density at radius 3 is 2.64 bits per heavy atom. The number of aryl methyl sites for hydroxylation is 3. The summed E-state index contributed by atoms with van der Waals surface area (Å²) >= 11 is 0. The predicted octanol–water partition coefficient (Wildman–Crippen LogP) is 2.79.